The molecule has 0 aliphatic rings. The zero-order chi connectivity index (χ0) is 5.54. The van der Waals surface area contributed by atoms with Gasteiger partial charge in [-0.15, -0.1) is 24.8 Å². The summed E-state index contributed by atoms with van der Waals surface area (Å²) in [6.45, 7) is 3.30. The second-order valence-corrected chi connectivity index (χ2v) is 2.78. The fourth-order valence-electron chi connectivity index (χ4n) is 0.338. The van der Waals surface area contributed by atoms with Crippen LogP contribution in [0.3, 0.4) is 0 Å². The maximum absolute atomic E-state index is 4.74. The summed E-state index contributed by atoms with van der Waals surface area (Å²) in [4.78, 5) is 0. The van der Waals surface area contributed by atoms with Gasteiger partial charge >= 0.3 is 0 Å². The first-order chi connectivity index (χ1) is 3.41. The Kier molecular flexibility index (Phi) is 29.8. The van der Waals surface area contributed by atoms with Crippen molar-refractivity contribution < 1.29 is 0 Å². The van der Waals surface area contributed by atoms with Gasteiger partial charge in [0.1, 0.15) is 0 Å². The lowest BCUT2D eigenvalue weighted by atomic mass is 10.3. The molecule has 1 N–H and O–H groups in total. The van der Waals surface area contributed by atoms with Crippen LogP contribution in [0.1, 0.15) is 19.8 Å². The van der Waals surface area contributed by atoms with Crippen LogP contribution in [0.4, 0.5) is 0 Å². The van der Waals surface area contributed by atoms with Crippen molar-refractivity contribution >= 4 is 44.1 Å². The molecule has 9 heavy (non-hydrogen) atoms. The summed E-state index contributed by atoms with van der Waals surface area (Å²) in [6, 6.07) is 0. The summed E-state index contributed by atoms with van der Waals surface area (Å²) in [7, 11) is 0.114. The molecule has 1 atom stereocenters. The summed E-state index contributed by atoms with van der Waals surface area (Å²) < 4.78 is 0. The van der Waals surface area contributed by atoms with E-state index >= 15 is 0 Å². The third kappa shape index (κ3) is 17.6. The fraction of sp³-hybridized carbons (Fsp3) is 1.00. The van der Waals surface area contributed by atoms with Crippen molar-refractivity contribution in [3.05, 3.63) is 0 Å². The maximum atomic E-state index is 4.74. The highest BCUT2D eigenvalue weighted by Gasteiger charge is 1.75. The average Bonchev–Trinajstić information content (AvgIpc) is 1.69. The predicted molar refractivity (Wildman–Crippen MR) is 54.5 cm³/mol. The zero-order valence-electron chi connectivity index (χ0n) is 5.42. The smallest absolute Gasteiger partial charge is 0.000795 e. The molecule has 60 valence electrons. The molecule has 0 amide bonds. The van der Waals surface area contributed by atoms with Crippen LogP contribution in [0.5, 0.6) is 0 Å². The van der Waals surface area contributed by atoms with E-state index in [9.17, 15) is 0 Å². The number of nitrogens with one attached hydrogen (secondary N) is 1. The van der Waals surface area contributed by atoms with Gasteiger partial charge in [-0.1, -0.05) is 25.2 Å². The molecular weight excluding hydrogens is 196 g/mol. The molecule has 0 spiro atoms. The van der Waals surface area contributed by atoms with Gasteiger partial charge in [0, 0.05) is 0 Å². The van der Waals surface area contributed by atoms with E-state index in [1.807, 2.05) is 0 Å². The van der Waals surface area contributed by atoms with Crippen LogP contribution in [-0.4, -0.2) is 6.54 Å². The van der Waals surface area contributed by atoms with Gasteiger partial charge in [0.15, 0.2) is 0 Å². The van der Waals surface area contributed by atoms with Crippen LogP contribution in [-0.2, 0) is 11.8 Å². The van der Waals surface area contributed by atoms with E-state index in [1.54, 1.807) is 0 Å². The fourth-order valence-corrected chi connectivity index (χ4v) is 1.01. The molecule has 0 saturated carbocycles. The molecule has 0 fully saturated rings. The summed E-state index contributed by atoms with van der Waals surface area (Å²) in [5, 5.41) is 3.15. The van der Waals surface area contributed by atoms with Crippen LogP contribution >= 0.6 is 32.3 Å². The molecule has 0 bridgehead atoms. The third-order valence-corrected chi connectivity index (χ3v) is 1.71. The van der Waals surface area contributed by atoms with Crippen molar-refractivity contribution in [3.63, 3.8) is 0 Å². The Balaban J connectivity index is -0.000000180. The van der Waals surface area contributed by atoms with Gasteiger partial charge in [0.05, 0.1) is 0 Å². The molecule has 0 aliphatic heterocycles. The highest BCUT2D eigenvalue weighted by Crippen LogP contribution is 1.86. The Labute approximate surface area is 75.7 Å². The number of halogens is 2. The average molecular weight is 210 g/mol. The lowest BCUT2D eigenvalue weighted by molar-refractivity contribution is 0.776. The van der Waals surface area contributed by atoms with Crippen molar-refractivity contribution in [2.45, 2.75) is 19.8 Å². The minimum Gasteiger partial charge on any atom is -0.293 e. The molecule has 0 aromatic carbocycles. The van der Waals surface area contributed by atoms with Crippen molar-refractivity contribution in [1.82, 2.24) is 5.09 Å². The molecule has 0 saturated heterocycles. The maximum Gasteiger partial charge on any atom is -0.000795 e. The number of unbranched alkanes of at least 4 members (excludes halogenated alkanes) is 1. The van der Waals surface area contributed by atoms with E-state index in [0.29, 0.717) is 0 Å². The lowest BCUT2D eigenvalue weighted by Crippen LogP contribution is -1.98. The molecule has 1 unspecified atom stereocenters. The van der Waals surface area contributed by atoms with E-state index in [1.165, 1.54) is 12.8 Å². The predicted octanol–water partition coefficient (Wildman–Crippen LogP) is 2.01. The van der Waals surface area contributed by atoms with E-state index in [2.05, 4.69) is 12.0 Å². The second-order valence-electron chi connectivity index (χ2n) is 1.43. The topological polar surface area (TPSA) is 12.0 Å². The summed E-state index contributed by atoms with van der Waals surface area (Å²) in [5.74, 6) is 0. The first kappa shape index (κ1) is 16.6. The molecule has 0 rings (SSSR count). The Morgan fingerprint density at radius 2 is 2.00 bits per heavy atom. The Hall–Kier alpha value is 1.19. The van der Waals surface area contributed by atoms with Crippen molar-refractivity contribution in [2.24, 2.45) is 0 Å². The van der Waals surface area contributed by atoms with E-state index < -0.39 is 0 Å². The van der Waals surface area contributed by atoms with Crippen LogP contribution in [0.2, 0.25) is 0 Å². The molecule has 0 aromatic heterocycles. The molecule has 0 heterocycles. The van der Waals surface area contributed by atoms with E-state index in [4.69, 9.17) is 11.8 Å². The van der Waals surface area contributed by atoms with Crippen LogP contribution in [0, 0.1) is 0 Å². The minimum absolute atomic E-state index is 0. The molecule has 0 aliphatic carbocycles. The Morgan fingerprint density at radius 1 is 1.44 bits per heavy atom. The Morgan fingerprint density at radius 3 is 2.33 bits per heavy atom. The molecule has 5 heteroatoms. The highest BCUT2D eigenvalue weighted by atomic mass is 35.5. The lowest BCUT2D eigenvalue weighted by Gasteiger charge is -1.91. The number of rotatable bonds is 4. The van der Waals surface area contributed by atoms with Crippen LogP contribution in [0.15, 0.2) is 0 Å². The quantitative estimate of drug-likeness (QED) is 0.562. The highest BCUT2D eigenvalue weighted by molar-refractivity contribution is 7.95. The van der Waals surface area contributed by atoms with Gasteiger partial charge in [-0.05, 0) is 20.5 Å². The SMILES string of the molecule is CCCCN[PH2]=S.Cl.Cl. The number of hydrogen-bond acceptors (Lipinski definition) is 1. The second kappa shape index (κ2) is 16.1. The van der Waals surface area contributed by atoms with Crippen molar-refractivity contribution in [2.75, 3.05) is 6.54 Å². The summed E-state index contributed by atoms with van der Waals surface area (Å²) in [5.41, 5.74) is 0. The third-order valence-electron chi connectivity index (χ3n) is 0.758. The van der Waals surface area contributed by atoms with E-state index in [0.717, 1.165) is 6.54 Å². The first-order valence-electron chi connectivity index (χ1n) is 2.59. The van der Waals surface area contributed by atoms with E-state index in [-0.39, 0.29) is 32.3 Å². The monoisotopic (exact) mass is 209 g/mol. The molecular formula is C4H14Cl2NPS. The van der Waals surface area contributed by atoms with Gasteiger partial charge in [-0.3, -0.25) is 5.09 Å². The van der Waals surface area contributed by atoms with Gasteiger partial charge in [-0.2, -0.15) is 0 Å². The largest absolute Gasteiger partial charge is 0.293 e. The van der Waals surface area contributed by atoms with Gasteiger partial charge in [0.25, 0.3) is 0 Å². The first-order valence-corrected chi connectivity index (χ1v) is 5.05. The molecule has 0 aromatic rings. The molecule has 0 radical (unpaired) electrons. The Bertz CT molecular complexity index is 55.8. The minimum atomic E-state index is 0. The van der Waals surface area contributed by atoms with Gasteiger partial charge in [-0.25, -0.2) is 0 Å². The van der Waals surface area contributed by atoms with Crippen molar-refractivity contribution in [1.29, 1.82) is 0 Å². The standard InChI is InChI=1S/C4H12NPS.2ClH/c1-2-3-4-5-6-7;;/h2-4,6H2,1H3,(H,5,7);2*1H. The van der Waals surface area contributed by atoms with Gasteiger partial charge < -0.3 is 0 Å². The van der Waals surface area contributed by atoms with Gasteiger partial charge in [0.2, 0.25) is 0 Å². The molecule has 1 nitrogen and oxygen atoms in total. The summed E-state index contributed by atoms with van der Waals surface area (Å²) >= 11 is 4.74. The normalized spacial score (nSPS) is 8.56. The zero-order valence-corrected chi connectivity index (χ0v) is 9.03. The summed E-state index contributed by atoms with van der Waals surface area (Å²) in [6.07, 6.45) is 2.53. The van der Waals surface area contributed by atoms with Crippen LogP contribution in [0.25, 0.3) is 0 Å². The van der Waals surface area contributed by atoms with Crippen LogP contribution < -0.4 is 5.09 Å². The number of hydrogen-bond donors (Lipinski definition) is 1. The van der Waals surface area contributed by atoms with Crippen molar-refractivity contribution in [3.8, 4) is 0 Å².